The summed E-state index contributed by atoms with van der Waals surface area (Å²) in [6.45, 7) is 0. The van der Waals surface area contributed by atoms with E-state index in [2.05, 4.69) is 9.98 Å². The van der Waals surface area contributed by atoms with Crippen molar-refractivity contribution in [1.29, 1.82) is 10.5 Å². The summed E-state index contributed by atoms with van der Waals surface area (Å²) in [7, 11) is 0. The highest BCUT2D eigenvalue weighted by molar-refractivity contribution is 6.21. The Labute approximate surface area is 264 Å². The average Bonchev–Trinajstić information content (AvgIpc) is 3.49. The van der Waals surface area contributed by atoms with Gasteiger partial charge in [0.25, 0.3) is 0 Å². The van der Waals surface area contributed by atoms with E-state index in [1.54, 1.807) is 48.8 Å². The van der Waals surface area contributed by atoms with Gasteiger partial charge in [0.05, 0.1) is 22.2 Å². The normalized spacial score (nSPS) is 16.5. The van der Waals surface area contributed by atoms with Gasteiger partial charge >= 0.3 is 12.4 Å². The monoisotopic (exact) mass is 656 g/mol. The molecule has 0 amide bonds. The van der Waals surface area contributed by atoms with Crippen LogP contribution in [0.25, 0.3) is 59.8 Å². The molecule has 0 radical (unpaired) electrons. The van der Waals surface area contributed by atoms with E-state index in [1.165, 1.54) is 12.1 Å². The largest absolute Gasteiger partial charge is 0.416 e. The van der Waals surface area contributed by atoms with Gasteiger partial charge in [-0.15, -0.1) is 0 Å². The molecule has 0 bridgehead atoms. The van der Waals surface area contributed by atoms with Gasteiger partial charge in [-0.1, -0.05) is 30.3 Å². The van der Waals surface area contributed by atoms with Crippen LogP contribution in [0.4, 0.5) is 35.1 Å². The molecule has 6 aromatic carbocycles. The van der Waals surface area contributed by atoms with Crippen LogP contribution in [-0.4, -0.2) is 6.18 Å². The predicted octanol–water partition coefficient (Wildman–Crippen LogP) is 9.58. The lowest BCUT2D eigenvalue weighted by atomic mass is 9.90. The Hall–Kier alpha value is -5.88. The zero-order chi connectivity index (χ0) is 34.1. The third-order valence-electron chi connectivity index (χ3n) is 8.54. The number of alkyl halides is 6. The highest BCUT2D eigenvalue weighted by Gasteiger charge is 2.40. The van der Waals surface area contributed by atoms with Crippen LogP contribution in [0.2, 0.25) is 0 Å². The maximum atomic E-state index is 14.3. The van der Waals surface area contributed by atoms with Crippen molar-refractivity contribution in [2.24, 2.45) is 15.9 Å². The molecule has 1 unspecified atom stereocenters. The molecule has 0 aromatic heterocycles. The van der Waals surface area contributed by atoms with Crippen LogP contribution < -0.4 is 10.7 Å². The average molecular weight is 657 g/mol. The molecule has 0 N–H and O–H groups in total. The molecule has 1 aliphatic carbocycles. The number of halogens is 8. The first-order valence-corrected chi connectivity index (χ1v) is 14.2. The SMILES string of the molecule is N#CN=c1c2cc(C3=CC(C(F)(F)F)CC(F)=C3)ccc2c2cc3c(cc12)c(=NC#N)c1cc(-c2cc(F)cc(C(F)(F)F)c2)ccc13. The van der Waals surface area contributed by atoms with Crippen LogP contribution in [0.15, 0.2) is 94.7 Å². The Morgan fingerprint density at radius 3 is 1.71 bits per heavy atom. The van der Waals surface area contributed by atoms with Gasteiger partial charge in [0.15, 0.2) is 0 Å². The maximum Gasteiger partial charge on any atom is 0.416 e. The lowest BCUT2D eigenvalue weighted by molar-refractivity contribution is -0.161. The van der Waals surface area contributed by atoms with Gasteiger partial charge < -0.3 is 0 Å². The molecule has 236 valence electrons. The minimum Gasteiger partial charge on any atom is -0.212 e. The lowest BCUT2D eigenvalue weighted by Crippen LogP contribution is -2.22. The van der Waals surface area contributed by atoms with Crippen LogP contribution >= 0.6 is 0 Å². The summed E-state index contributed by atoms with van der Waals surface area (Å²) in [5.41, 5.74) is -0.607. The number of benzene rings is 4. The third-order valence-corrected chi connectivity index (χ3v) is 8.54. The van der Waals surface area contributed by atoms with Crippen LogP contribution in [-0.2, 0) is 6.18 Å². The molecule has 0 saturated heterocycles. The van der Waals surface area contributed by atoms with E-state index in [4.69, 9.17) is 0 Å². The molecule has 48 heavy (non-hydrogen) atoms. The van der Waals surface area contributed by atoms with Crippen LogP contribution in [0.3, 0.4) is 0 Å². The standard InChI is InChI=1S/C36H16F8N4/c37-23-7-19(5-21(11-23)35(39,40)41)17-1-3-25-27-13-28-26-4-2-18(20-6-22(36(42,43)44)12-24(38)8-20)10-30(26)34(48-16-46)32(28)14-31(27)33(47-15-45)29(25)9-17/h1-11,13-14,22H,12H2. The Morgan fingerprint density at radius 2 is 1.15 bits per heavy atom. The summed E-state index contributed by atoms with van der Waals surface area (Å²) in [5.74, 6) is -3.98. The number of nitriles is 2. The van der Waals surface area contributed by atoms with E-state index in [0.29, 0.717) is 54.7 Å². The first kappa shape index (κ1) is 30.8. The molecule has 1 atom stereocenters. The van der Waals surface area contributed by atoms with E-state index in [-0.39, 0.29) is 27.4 Å². The van der Waals surface area contributed by atoms with Gasteiger partial charge in [0.2, 0.25) is 12.4 Å². The van der Waals surface area contributed by atoms with Crippen LogP contribution in [0.1, 0.15) is 17.5 Å². The lowest BCUT2D eigenvalue weighted by Gasteiger charge is -2.21. The number of hydrogen-bond donors (Lipinski definition) is 0. The summed E-state index contributed by atoms with van der Waals surface area (Å²) < 4.78 is 109. The van der Waals surface area contributed by atoms with E-state index < -0.39 is 41.9 Å². The minimum absolute atomic E-state index is 0.0302. The van der Waals surface area contributed by atoms with E-state index in [1.807, 2.05) is 0 Å². The number of nitrogens with zero attached hydrogens (tertiary/aromatic N) is 4. The van der Waals surface area contributed by atoms with Crippen molar-refractivity contribution < 1.29 is 35.1 Å². The molecule has 0 saturated carbocycles. The van der Waals surface area contributed by atoms with Crippen molar-refractivity contribution in [3.8, 4) is 23.5 Å². The number of hydrogen-bond acceptors (Lipinski definition) is 4. The molecule has 0 spiro atoms. The summed E-state index contributed by atoms with van der Waals surface area (Å²) in [6.07, 6.45) is -4.69. The van der Waals surface area contributed by atoms with Crippen LogP contribution in [0.5, 0.6) is 0 Å². The molecule has 0 aliphatic heterocycles. The van der Waals surface area contributed by atoms with Crippen molar-refractivity contribution in [1.82, 2.24) is 0 Å². The third kappa shape index (κ3) is 5.06. The van der Waals surface area contributed by atoms with Crippen molar-refractivity contribution in [3.05, 3.63) is 112 Å². The fourth-order valence-electron chi connectivity index (χ4n) is 6.45. The quantitative estimate of drug-likeness (QED) is 0.138. The number of rotatable bonds is 2. The first-order chi connectivity index (χ1) is 22.8. The molecular weight excluding hydrogens is 640 g/mol. The fourth-order valence-corrected chi connectivity index (χ4v) is 6.45. The van der Waals surface area contributed by atoms with E-state index >= 15 is 0 Å². The maximum absolute atomic E-state index is 14.3. The molecular formula is C36H16F8N4. The summed E-state index contributed by atoms with van der Waals surface area (Å²) in [6, 6.07) is 15.1. The van der Waals surface area contributed by atoms with Gasteiger partial charge in [0.1, 0.15) is 11.6 Å². The van der Waals surface area contributed by atoms with E-state index in [9.17, 15) is 45.6 Å². The number of allylic oxidation sites excluding steroid dienone is 4. The summed E-state index contributed by atoms with van der Waals surface area (Å²) >= 11 is 0. The van der Waals surface area contributed by atoms with Gasteiger partial charge in [0, 0.05) is 28.0 Å². The van der Waals surface area contributed by atoms with Crippen molar-refractivity contribution in [3.63, 3.8) is 0 Å². The second kappa shape index (κ2) is 10.8. The first-order valence-electron chi connectivity index (χ1n) is 14.2. The van der Waals surface area contributed by atoms with Crippen molar-refractivity contribution in [2.45, 2.75) is 18.8 Å². The second-order valence-electron chi connectivity index (χ2n) is 11.4. The van der Waals surface area contributed by atoms with Gasteiger partial charge in [-0.25, -0.2) is 8.78 Å². The molecule has 12 heteroatoms. The minimum atomic E-state index is -4.77. The highest BCUT2D eigenvalue weighted by Crippen LogP contribution is 2.41. The van der Waals surface area contributed by atoms with Gasteiger partial charge in [-0.05, 0) is 92.3 Å². The molecule has 6 aromatic rings. The number of fused-ring (bicyclic) bond motifs is 6. The van der Waals surface area contributed by atoms with Gasteiger partial charge in [-0.2, -0.15) is 46.9 Å². The Kier molecular flexibility index (Phi) is 6.95. The molecule has 7 rings (SSSR count). The highest BCUT2D eigenvalue weighted by atomic mass is 19.4. The summed E-state index contributed by atoms with van der Waals surface area (Å²) in [4.78, 5) is 7.99. The Bertz CT molecular complexity index is 2620. The molecule has 0 heterocycles. The molecule has 1 aliphatic rings. The zero-order valence-corrected chi connectivity index (χ0v) is 24.1. The smallest absolute Gasteiger partial charge is 0.212 e. The fraction of sp³-hybridized carbons (Fsp3) is 0.111. The van der Waals surface area contributed by atoms with Crippen molar-refractivity contribution >= 4 is 48.7 Å². The summed E-state index contributed by atoms with van der Waals surface area (Å²) in [5, 5.41) is 23.7. The predicted molar refractivity (Wildman–Crippen MR) is 163 cm³/mol. The molecule has 0 fully saturated rings. The Balaban J connectivity index is 1.47. The topological polar surface area (TPSA) is 72.3 Å². The van der Waals surface area contributed by atoms with E-state index in [0.717, 1.165) is 24.3 Å². The van der Waals surface area contributed by atoms with Crippen molar-refractivity contribution in [2.75, 3.05) is 0 Å². The molecule has 4 nitrogen and oxygen atoms in total. The van der Waals surface area contributed by atoms with Gasteiger partial charge in [-0.3, -0.25) is 0 Å². The Morgan fingerprint density at radius 1 is 0.604 bits per heavy atom. The van der Waals surface area contributed by atoms with Crippen LogP contribution in [0, 0.1) is 34.6 Å². The zero-order valence-electron chi connectivity index (χ0n) is 24.1. The second-order valence-corrected chi connectivity index (χ2v) is 11.4.